The van der Waals surface area contributed by atoms with Gasteiger partial charge in [-0.1, -0.05) is 19.1 Å². The summed E-state index contributed by atoms with van der Waals surface area (Å²) in [5.74, 6) is 1.86. The van der Waals surface area contributed by atoms with Crippen molar-refractivity contribution >= 4 is 44.3 Å². The highest BCUT2D eigenvalue weighted by Crippen LogP contribution is 2.34. The summed E-state index contributed by atoms with van der Waals surface area (Å²) in [5, 5.41) is 9.27. The highest BCUT2D eigenvalue weighted by molar-refractivity contribution is 7.19. The number of rotatable bonds is 6. The summed E-state index contributed by atoms with van der Waals surface area (Å²) in [4.78, 5) is 33.8. The first-order chi connectivity index (χ1) is 17.7. The highest BCUT2D eigenvalue weighted by Gasteiger charge is 2.24. The molecule has 0 aliphatic carbocycles. The summed E-state index contributed by atoms with van der Waals surface area (Å²) in [7, 11) is 0. The number of hydrogen-bond donors (Lipinski definition) is 1. The third-order valence-corrected chi connectivity index (χ3v) is 7.89. The predicted octanol–water partition coefficient (Wildman–Crippen LogP) is 2.91. The van der Waals surface area contributed by atoms with Crippen molar-refractivity contribution in [2.24, 2.45) is 0 Å². The maximum absolute atomic E-state index is 12.2. The topological polar surface area (TPSA) is 103 Å². The standard InChI is InChI=1S/C25H30N8O2S/c1-2-4-21(34)32-9-7-31(8-10-32)16-20-27-24-22(36-20)25(33-11-13-35-14-12-33)29-23(28-24)17-5-3-6-19-18(17)15-26-30-19/h3,5-6,15H,2,4,7-14,16H2,1H3,(H,26,30). The number of fused-ring (bicyclic) bond motifs is 2. The van der Waals surface area contributed by atoms with E-state index in [2.05, 4.69) is 26.9 Å². The highest BCUT2D eigenvalue weighted by atomic mass is 32.1. The van der Waals surface area contributed by atoms with Gasteiger partial charge in [-0.05, 0) is 12.5 Å². The van der Waals surface area contributed by atoms with E-state index in [1.165, 1.54) is 0 Å². The Labute approximate surface area is 213 Å². The van der Waals surface area contributed by atoms with Crippen LogP contribution in [0.3, 0.4) is 0 Å². The number of thiazole rings is 1. The fourth-order valence-corrected chi connectivity index (χ4v) is 5.98. The number of amides is 1. The molecule has 3 aromatic heterocycles. The van der Waals surface area contributed by atoms with Gasteiger partial charge < -0.3 is 14.5 Å². The lowest BCUT2D eigenvalue weighted by atomic mass is 10.1. The SMILES string of the molecule is CCCC(=O)N1CCN(Cc2nc3nc(-c4cccc5[nH]ncc45)nc(N4CCOCC4)c3s2)CC1. The Morgan fingerprint density at radius 3 is 2.72 bits per heavy atom. The van der Waals surface area contributed by atoms with Gasteiger partial charge in [-0.3, -0.25) is 14.8 Å². The van der Waals surface area contributed by atoms with E-state index >= 15 is 0 Å². The molecular formula is C25H30N8O2S. The van der Waals surface area contributed by atoms with Gasteiger partial charge in [-0.2, -0.15) is 5.10 Å². The quantitative estimate of drug-likeness (QED) is 0.426. The third-order valence-electron chi connectivity index (χ3n) is 6.86. The molecule has 11 heteroatoms. The van der Waals surface area contributed by atoms with Gasteiger partial charge in [0.2, 0.25) is 5.91 Å². The first-order valence-electron chi connectivity index (χ1n) is 12.6. The molecule has 2 aliphatic heterocycles. The van der Waals surface area contributed by atoms with E-state index in [-0.39, 0.29) is 5.91 Å². The monoisotopic (exact) mass is 506 g/mol. The zero-order chi connectivity index (χ0) is 24.5. The van der Waals surface area contributed by atoms with Crippen molar-refractivity contribution in [1.82, 2.24) is 34.9 Å². The zero-order valence-electron chi connectivity index (χ0n) is 20.4. The molecule has 0 unspecified atom stereocenters. The smallest absolute Gasteiger partial charge is 0.222 e. The van der Waals surface area contributed by atoms with Crippen molar-refractivity contribution in [1.29, 1.82) is 0 Å². The Balaban J connectivity index is 1.31. The number of hydrogen-bond acceptors (Lipinski definition) is 9. The first kappa shape index (κ1) is 23.3. The van der Waals surface area contributed by atoms with Crippen molar-refractivity contribution in [3.8, 4) is 11.4 Å². The van der Waals surface area contributed by atoms with E-state index in [1.54, 1.807) is 11.3 Å². The Hall–Kier alpha value is -3.15. The Morgan fingerprint density at radius 1 is 1.08 bits per heavy atom. The van der Waals surface area contributed by atoms with Crippen LogP contribution in [0.4, 0.5) is 5.82 Å². The van der Waals surface area contributed by atoms with Gasteiger partial charge in [0.05, 0.1) is 31.5 Å². The second-order valence-electron chi connectivity index (χ2n) is 9.27. The molecule has 2 aliphatic rings. The molecule has 0 atom stereocenters. The minimum Gasteiger partial charge on any atom is -0.378 e. The van der Waals surface area contributed by atoms with Crippen molar-refractivity contribution in [2.45, 2.75) is 26.3 Å². The van der Waals surface area contributed by atoms with Crippen LogP contribution in [0.5, 0.6) is 0 Å². The molecule has 6 rings (SSSR count). The van der Waals surface area contributed by atoms with Gasteiger partial charge in [0, 0.05) is 56.6 Å². The number of carbonyl (C=O) groups excluding carboxylic acids is 1. The number of piperazine rings is 1. The number of aromatic nitrogens is 5. The summed E-state index contributed by atoms with van der Waals surface area (Å²) in [6.07, 6.45) is 3.36. The number of aromatic amines is 1. The number of H-pyrrole nitrogens is 1. The van der Waals surface area contributed by atoms with E-state index in [9.17, 15) is 4.79 Å². The summed E-state index contributed by atoms with van der Waals surface area (Å²) in [6.45, 7) is 9.05. The fourth-order valence-electron chi connectivity index (χ4n) is 4.91. The van der Waals surface area contributed by atoms with E-state index < -0.39 is 0 Å². The molecule has 0 spiro atoms. The molecule has 36 heavy (non-hydrogen) atoms. The number of carbonyl (C=O) groups is 1. The molecule has 0 bridgehead atoms. The number of anilines is 1. The lowest BCUT2D eigenvalue weighted by Crippen LogP contribution is -2.48. The van der Waals surface area contributed by atoms with Crippen LogP contribution < -0.4 is 4.90 Å². The fraction of sp³-hybridized carbons (Fsp3) is 0.480. The van der Waals surface area contributed by atoms with Crippen LogP contribution in [0.15, 0.2) is 24.4 Å². The molecule has 10 nitrogen and oxygen atoms in total. The predicted molar refractivity (Wildman–Crippen MR) is 140 cm³/mol. The van der Waals surface area contributed by atoms with Gasteiger partial charge in [0.1, 0.15) is 9.71 Å². The number of benzene rings is 1. The normalized spacial score (nSPS) is 17.4. The second-order valence-corrected chi connectivity index (χ2v) is 10.4. The number of nitrogens with one attached hydrogen (secondary N) is 1. The molecule has 0 radical (unpaired) electrons. The molecule has 4 aromatic rings. The molecule has 0 saturated carbocycles. The third kappa shape index (κ3) is 4.54. The van der Waals surface area contributed by atoms with Crippen LogP contribution in [0.2, 0.25) is 0 Å². The maximum atomic E-state index is 12.2. The van der Waals surface area contributed by atoms with E-state index in [4.69, 9.17) is 19.7 Å². The van der Waals surface area contributed by atoms with Crippen LogP contribution >= 0.6 is 11.3 Å². The average Bonchev–Trinajstić information content (AvgIpc) is 3.56. The number of ether oxygens (including phenoxy) is 1. The van der Waals surface area contributed by atoms with Crippen LogP contribution in [0.1, 0.15) is 24.8 Å². The molecular weight excluding hydrogens is 476 g/mol. The molecule has 5 heterocycles. The van der Waals surface area contributed by atoms with Gasteiger partial charge in [-0.25, -0.2) is 15.0 Å². The maximum Gasteiger partial charge on any atom is 0.222 e. The average molecular weight is 507 g/mol. The first-order valence-corrected chi connectivity index (χ1v) is 13.4. The van der Waals surface area contributed by atoms with Crippen molar-refractivity contribution in [2.75, 3.05) is 57.4 Å². The molecule has 2 fully saturated rings. The van der Waals surface area contributed by atoms with Crippen LogP contribution in [0.25, 0.3) is 32.6 Å². The van der Waals surface area contributed by atoms with Crippen LogP contribution in [0, 0.1) is 0 Å². The van der Waals surface area contributed by atoms with Crippen LogP contribution in [-0.4, -0.2) is 93.3 Å². The lowest BCUT2D eigenvalue weighted by Gasteiger charge is -2.34. The molecule has 1 N–H and O–H groups in total. The van der Waals surface area contributed by atoms with Crippen molar-refractivity contribution in [3.05, 3.63) is 29.4 Å². The molecule has 2 saturated heterocycles. The van der Waals surface area contributed by atoms with Gasteiger partial charge in [-0.15, -0.1) is 11.3 Å². The molecule has 1 amide bonds. The van der Waals surface area contributed by atoms with Crippen molar-refractivity contribution in [3.63, 3.8) is 0 Å². The number of morpholine rings is 1. The molecule has 1 aromatic carbocycles. The number of nitrogens with zero attached hydrogens (tertiary/aromatic N) is 7. The summed E-state index contributed by atoms with van der Waals surface area (Å²) in [5.41, 5.74) is 2.64. The van der Waals surface area contributed by atoms with Crippen molar-refractivity contribution < 1.29 is 9.53 Å². The van der Waals surface area contributed by atoms with Gasteiger partial charge in [0.15, 0.2) is 17.3 Å². The summed E-state index contributed by atoms with van der Waals surface area (Å²) < 4.78 is 6.62. The van der Waals surface area contributed by atoms with Gasteiger partial charge >= 0.3 is 0 Å². The van der Waals surface area contributed by atoms with Gasteiger partial charge in [0.25, 0.3) is 0 Å². The van der Waals surface area contributed by atoms with E-state index in [0.717, 1.165) is 89.9 Å². The largest absolute Gasteiger partial charge is 0.378 e. The summed E-state index contributed by atoms with van der Waals surface area (Å²) in [6, 6.07) is 6.04. The minimum atomic E-state index is 0.266. The zero-order valence-corrected chi connectivity index (χ0v) is 21.3. The Bertz CT molecular complexity index is 1370. The van der Waals surface area contributed by atoms with Crippen LogP contribution in [-0.2, 0) is 16.1 Å². The van der Waals surface area contributed by atoms with E-state index in [1.807, 2.05) is 29.3 Å². The summed E-state index contributed by atoms with van der Waals surface area (Å²) >= 11 is 1.68. The lowest BCUT2D eigenvalue weighted by molar-refractivity contribution is -0.133. The minimum absolute atomic E-state index is 0.266. The second kappa shape index (κ2) is 10.1. The Kier molecular flexibility index (Phi) is 6.51. The Morgan fingerprint density at radius 2 is 1.92 bits per heavy atom. The van der Waals surface area contributed by atoms with E-state index in [0.29, 0.717) is 25.5 Å². The molecule has 188 valence electrons.